The minimum Gasteiger partial charge on any atom is -0.359 e. The van der Waals surface area contributed by atoms with Gasteiger partial charge in [-0.1, -0.05) is 12.1 Å². The number of hydrogen-bond donors (Lipinski definition) is 2. The summed E-state index contributed by atoms with van der Waals surface area (Å²) in [4.78, 5) is 4.48. The van der Waals surface area contributed by atoms with Crippen molar-refractivity contribution in [3.8, 4) is 0 Å². The van der Waals surface area contributed by atoms with E-state index in [1.54, 1.807) is 0 Å². The van der Waals surface area contributed by atoms with Gasteiger partial charge in [-0.05, 0) is 34.1 Å². The van der Waals surface area contributed by atoms with Gasteiger partial charge in [-0.2, -0.15) is 0 Å². The Balaban J connectivity index is 0.00000324. The Bertz CT molecular complexity index is 396. The summed E-state index contributed by atoms with van der Waals surface area (Å²) in [6, 6.07) is 1.95. The SMILES string of the molecule is CCNC(=NCc1cc(CC)no1)NC(C)(C)C.I. The smallest absolute Gasteiger partial charge is 0.192 e. The molecule has 0 amide bonds. The minimum absolute atomic E-state index is 0. The van der Waals surface area contributed by atoms with E-state index in [-0.39, 0.29) is 29.5 Å². The highest BCUT2D eigenvalue weighted by Gasteiger charge is 2.11. The Hall–Kier alpha value is -0.790. The van der Waals surface area contributed by atoms with Crippen LogP contribution in [0.3, 0.4) is 0 Å². The highest BCUT2D eigenvalue weighted by atomic mass is 127. The van der Waals surface area contributed by atoms with Crippen molar-refractivity contribution < 1.29 is 4.52 Å². The van der Waals surface area contributed by atoms with Gasteiger partial charge in [-0.3, -0.25) is 0 Å². The van der Waals surface area contributed by atoms with Crippen LogP contribution in [0.4, 0.5) is 0 Å². The van der Waals surface area contributed by atoms with E-state index >= 15 is 0 Å². The number of rotatable bonds is 4. The van der Waals surface area contributed by atoms with Gasteiger partial charge in [-0.25, -0.2) is 4.99 Å². The van der Waals surface area contributed by atoms with Crippen molar-refractivity contribution in [2.75, 3.05) is 6.54 Å². The van der Waals surface area contributed by atoms with Crippen LogP contribution in [0.15, 0.2) is 15.6 Å². The van der Waals surface area contributed by atoms with Gasteiger partial charge in [0.2, 0.25) is 0 Å². The minimum atomic E-state index is -0.0169. The molecule has 0 saturated carbocycles. The highest BCUT2D eigenvalue weighted by Crippen LogP contribution is 2.06. The average Bonchev–Trinajstić information content (AvgIpc) is 2.72. The van der Waals surface area contributed by atoms with Crippen molar-refractivity contribution in [3.63, 3.8) is 0 Å². The molecule has 1 aromatic rings. The molecule has 1 rings (SSSR count). The van der Waals surface area contributed by atoms with Crippen LogP contribution in [0.2, 0.25) is 0 Å². The third-order valence-electron chi connectivity index (χ3n) is 2.20. The van der Waals surface area contributed by atoms with E-state index in [1.807, 2.05) is 13.0 Å². The Morgan fingerprint density at radius 3 is 2.53 bits per heavy atom. The molecule has 0 bridgehead atoms. The predicted molar refractivity (Wildman–Crippen MR) is 89.0 cm³/mol. The van der Waals surface area contributed by atoms with Gasteiger partial charge in [0.1, 0.15) is 6.54 Å². The molecule has 2 N–H and O–H groups in total. The van der Waals surface area contributed by atoms with Crippen LogP contribution in [-0.4, -0.2) is 23.2 Å². The van der Waals surface area contributed by atoms with Crippen molar-refractivity contribution in [2.45, 2.75) is 53.1 Å². The fourth-order valence-corrected chi connectivity index (χ4v) is 1.42. The van der Waals surface area contributed by atoms with Crippen molar-refractivity contribution in [2.24, 2.45) is 4.99 Å². The molecule has 110 valence electrons. The van der Waals surface area contributed by atoms with E-state index in [0.717, 1.165) is 30.4 Å². The first-order chi connectivity index (χ1) is 8.44. The second-order valence-corrected chi connectivity index (χ2v) is 5.21. The molecule has 0 atom stereocenters. The Kier molecular flexibility index (Phi) is 8.05. The van der Waals surface area contributed by atoms with Gasteiger partial charge < -0.3 is 15.2 Å². The van der Waals surface area contributed by atoms with Crippen molar-refractivity contribution in [1.29, 1.82) is 0 Å². The number of aliphatic imine (C=N–C) groups is 1. The van der Waals surface area contributed by atoms with Crippen LogP contribution < -0.4 is 10.6 Å². The van der Waals surface area contributed by atoms with Crippen LogP contribution in [0.25, 0.3) is 0 Å². The number of guanidine groups is 1. The molecule has 6 heteroatoms. The topological polar surface area (TPSA) is 62.5 Å². The quantitative estimate of drug-likeness (QED) is 0.479. The summed E-state index contributed by atoms with van der Waals surface area (Å²) < 4.78 is 5.20. The van der Waals surface area contributed by atoms with E-state index in [0.29, 0.717) is 6.54 Å². The summed E-state index contributed by atoms with van der Waals surface area (Å²) in [7, 11) is 0. The summed E-state index contributed by atoms with van der Waals surface area (Å²) in [5.74, 6) is 1.58. The van der Waals surface area contributed by atoms with E-state index in [2.05, 4.69) is 48.5 Å². The number of aromatic nitrogens is 1. The number of nitrogens with zero attached hydrogens (tertiary/aromatic N) is 2. The summed E-state index contributed by atoms with van der Waals surface area (Å²) in [6.45, 7) is 11.7. The number of halogens is 1. The Morgan fingerprint density at radius 2 is 2.05 bits per heavy atom. The molecule has 0 aliphatic heterocycles. The molecule has 19 heavy (non-hydrogen) atoms. The summed E-state index contributed by atoms with van der Waals surface area (Å²) in [5, 5.41) is 10.5. The fraction of sp³-hybridized carbons (Fsp3) is 0.692. The molecular weight excluding hydrogens is 355 g/mol. The highest BCUT2D eigenvalue weighted by molar-refractivity contribution is 14.0. The van der Waals surface area contributed by atoms with Crippen LogP contribution in [0, 0.1) is 0 Å². The number of hydrogen-bond acceptors (Lipinski definition) is 3. The molecule has 1 heterocycles. The molecule has 0 unspecified atom stereocenters. The zero-order chi connectivity index (χ0) is 13.6. The van der Waals surface area contributed by atoms with E-state index in [4.69, 9.17) is 4.52 Å². The average molecular weight is 380 g/mol. The van der Waals surface area contributed by atoms with Crippen LogP contribution >= 0.6 is 24.0 Å². The van der Waals surface area contributed by atoms with Gasteiger partial charge in [-0.15, -0.1) is 24.0 Å². The number of nitrogens with one attached hydrogen (secondary N) is 2. The van der Waals surface area contributed by atoms with Crippen LogP contribution in [0.5, 0.6) is 0 Å². The normalized spacial score (nSPS) is 11.9. The first-order valence-electron chi connectivity index (χ1n) is 6.45. The predicted octanol–water partition coefficient (Wildman–Crippen LogP) is 2.71. The molecule has 0 saturated heterocycles. The molecule has 0 aliphatic carbocycles. The third kappa shape index (κ3) is 7.39. The largest absolute Gasteiger partial charge is 0.359 e. The Labute approximate surface area is 132 Å². The zero-order valence-corrected chi connectivity index (χ0v) is 14.7. The first kappa shape index (κ1) is 18.2. The molecule has 0 fully saturated rings. The summed E-state index contributed by atoms with van der Waals surface area (Å²) in [5.41, 5.74) is 0.950. The molecule has 1 aromatic heterocycles. The maximum atomic E-state index is 5.20. The van der Waals surface area contributed by atoms with Gasteiger partial charge in [0.05, 0.1) is 5.69 Å². The van der Waals surface area contributed by atoms with E-state index < -0.39 is 0 Å². The van der Waals surface area contributed by atoms with Crippen molar-refractivity contribution in [3.05, 3.63) is 17.5 Å². The van der Waals surface area contributed by atoms with Crippen molar-refractivity contribution >= 4 is 29.9 Å². The molecule has 0 spiro atoms. The molecular formula is C13H25IN4O. The monoisotopic (exact) mass is 380 g/mol. The third-order valence-corrected chi connectivity index (χ3v) is 2.20. The second kappa shape index (κ2) is 8.39. The van der Waals surface area contributed by atoms with Gasteiger partial charge in [0, 0.05) is 18.2 Å². The lowest BCUT2D eigenvalue weighted by molar-refractivity contribution is 0.379. The standard InChI is InChI=1S/C13H24N4O.HI/c1-6-10-8-11(18-17-10)9-15-12(14-7-2)16-13(3,4)5;/h8H,6-7,9H2,1-5H3,(H2,14,15,16);1H. The van der Waals surface area contributed by atoms with Gasteiger partial charge >= 0.3 is 0 Å². The van der Waals surface area contributed by atoms with Crippen LogP contribution in [0.1, 0.15) is 46.1 Å². The molecule has 0 radical (unpaired) electrons. The Morgan fingerprint density at radius 1 is 1.37 bits per heavy atom. The van der Waals surface area contributed by atoms with Crippen molar-refractivity contribution in [1.82, 2.24) is 15.8 Å². The first-order valence-corrected chi connectivity index (χ1v) is 6.45. The maximum absolute atomic E-state index is 5.20. The van der Waals surface area contributed by atoms with Crippen LogP contribution in [-0.2, 0) is 13.0 Å². The van der Waals surface area contributed by atoms with E-state index in [1.165, 1.54) is 0 Å². The number of aryl methyl sites for hydroxylation is 1. The van der Waals surface area contributed by atoms with Gasteiger partial charge in [0.25, 0.3) is 0 Å². The lowest BCUT2D eigenvalue weighted by atomic mass is 10.1. The molecule has 5 nitrogen and oxygen atoms in total. The van der Waals surface area contributed by atoms with E-state index in [9.17, 15) is 0 Å². The maximum Gasteiger partial charge on any atom is 0.192 e. The summed E-state index contributed by atoms with van der Waals surface area (Å²) >= 11 is 0. The second-order valence-electron chi connectivity index (χ2n) is 5.21. The molecule has 0 aliphatic rings. The summed E-state index contributed by atoms with van der Waals surface area (Å²) in [6.07, 6.45) is 0.882. The zero-order valence-electron chi connectivity index (χ0n) is 12.4. The fourth-order valence-electron chi connectivity index (χ4n) is 1.42. The van der Waals surface area contributed by atoms with Gasteiger partial charge in [0.15, 0.2) is 11.7 Å². The lowest BCUT2D eigenvalue weighted by Crippen LogP contribution is -2.47. The molecule has 0 aromatic carbocycles. The lowest BCUT2D eigenvalue weighted by Gasteiger charge is -2.23.